The first kappa shape index (κ1) is 21.2. The van der Waals surface area contributed by atoms with E-state index >= 15 is 0 Å². The monoisotopic (exact) mass is 439 g/mol. The van der Waals surface area contributed by atoms with Crippen LogP contribution < -0.4 is 5.56 Å². The highest BCUT2D eigenvalue weighted by molar-refractivity contribution is 7.20. The fraction of sp³-hybridized carbons (Fsp3) is 0.391. The van der Waals surface area contributed by atoms with Gasteiger partial charge in [-0.1, -0.05) is 37.3 Å². The van der Waals surface area contributed by atoms with Crippen LogP contribution in [0.3, 0.4) is 0 Å². The van der Waals surface area contributed by atoms with Crippen molar-refractivity contribution in [3.8, 4) is 0 Å². The lowest BCUT2D eigenvalue weighted by Gasteiger charge is -2.30. The van der Waals surface area contributed by atoms with Crippen LogP contribution in [0.25, 0.3) is 10.2 Å². The molecule has 8 heteroatoms. The number of likely N-dealkylation sites (tertiary alicyclic amines) is 1. The summed E-state index contributed by atoms with van der Waals surface area (Å²) in [6.07, 6.45) is 3.36. The lowest BCUT2D eigenvalue weighted by atomic mass is 9.99. The predicted octanol–water partition coefficient (Wildman–Crippen LogP) is 3.38. The maximum atomic E-state index is 13.0. The minimum absolute atomic E-state index is 0.0424. The molecule has 1 aliphatic heterocycles. The van der Waals surface area contributed by atoms with Gasteiger partial charge in [-0.3, -0.25) is 14.2 Å². The van der Waals surface area contributed by atoms with Gasteiger partial charge in [0.15, 0.2) is 0 Å². The van der Waals surface area contributed by atoms with Gasteiger partial charge in [0.05, 0.1) is 11.7 Å². The van der Waals surface area contributed by atoms with Crippen LogP contribution in [0.1, 0.15) is 40.6 Å². The molecule has 1 fully saturated rings. The second-order valence-electron chi connectivity index (χ2n) is 8.04. The number of hydrogen-bond acceptors (Lipinski definition) is 6. The normalized spacial score (nSPS) is 14.7. The van der Waals surface area contributed by atoms with Crippen molar-refractivity contribution < 1.29 is 14.3 Å². The summed E-state index contributed by atoms with van der Waals surface area (Å²) in [5.74, 6) is 0.0673. The van der Waals surface area contributed by atoms with E-state index in [0.29, 0.717) is 26.6 Å². The van der Waals surface area contributed by atoms with Crippen LogP contribution in [0.4, 0.5) is 0 Å². The minimum Gasteiger partial charge on any atom is -0.457 e. The topological polar surface area (TPSA) is 81.5 Å². The van der Waals surface area contributed by atoms with Gasteiger partial charge in [-0.2, -0.15) is 0 Å². The highest BCUT2D eigenvalue weighted by Crippen LogP contribution is 2.27. The average Bonchev–Trinajstić information content (AvgIpc) is 3.12. The smallest absolute Gasteiger partial charge is 0.349 e. The van der Waals surface area contributed by atoms with Gasteiger partial charge < -0.3 is 9.64 Å². The second-order valence-corrected chi connectivity index (χ2v) is 9.04. The molecular formula is C23H25N3O4S. The zero-order valence-electron chi connectivity index (χ0n) is 17.7. The Balaban J connectivity index is 1.52. The summed E-state index contributed by atoms with van der Waals surface area (Å²) in [5, 5.41) is 0.374. The third-order valence-electron chi connectivity index (χ3n) is 5.76. The van der Waals surface area contributed by atoms with Crippen molar-refractivity contribution in [2.45, 2.75) is 39.8 Å². The maximum absolute atomic E-state index is 13.0. The molecule has 1 saturated heterocycles. The molecule has 0 radical (unpaired) electrons. The Labute approximate surface area is 184 Å². The van der Waals surface area contributed by atoms with Crippen molar-refractivity contribution in [1.29, 1.82) is 0 Å². The van der Waals surface area contributed by atoms with Gasteiger partial charge in [-0.05, 0) is 36.8 Å². The Morgan fingerprint density at radius 1 is 1.19 bits per heavy atom. The Kier molecular flexibility index (Phi) is 6.18. The zero-order valence-corrected chi connectivity index (χ0v) is 18.5. The fourth-order valence-electron chi connectivity index (χ4n) is 3.76. The first-order valence-electron chi connectivity index (χ1n) is 10.4. The number of carbonyl (C=O) groups is 2. The lowest BCUT2D eigenvalue weighted by molar-refractivity contribution is -0.133. The Bertz CT molecular complexity index is 1160. The molecule has 2 aromatic heterocycles. The maximum Gasteiger partial charge on any atom is 0.349 e. The second kappa shape index (κ2) is 9.01. The quantitative estimate of drug-likeness (QED) is 0.569. The number of aryl methyl sites for hydroxylation is 1. The summed E-state index contributed by atoms with van der Waals surface area (Å²) < 4.78 is 6.76. The molecule has 1 amide bonds. The SMILES string of the molecule is Cc1c(C(=O)OCc2ccccc2)sc2ncn(CC(=O)N3CCC(C)CC3)c(=O)c12. The Hall–Kier alpha value is -3.00. The molecule has 3 heterocycles. The third kappa shape index (κ3) is 4.54. The van der Waals surface area contributed by atoms with Crippen LogP contribution in [0.5, 0.6) is 0 Å². The van der Waals surface area contributed by atoms with Gasteiger partial charge in [0.25, 0.3) is 5.56 Å². The van der Waals surface area contributed by atoms with E-state index in [-0.39, 0.29) is 24.6 Å². The fourth-order valence-corrected chi connectivity index (χ4v) is 4.79. The Morgan fingerprint density at radius 3 is 2.61 bits per heavy atom. The molecule has 7 nitrogen and oxygen atoms in total. The lowest BCUT2D eigenvalue weighted by Crippen LogP contribution is -2.41. The molecular weight excluding hydrogens is 414 g/mol. The van der Waals surface area contributed by atoms with Crippen LogP contribution >= 0.6 is 11.3 Å². The van der Waals surface area contributed by atoms with E-state index in [4.69, 9.17) is 4.74 Å². The van der Waals surface area contributed by atoms with Crippen LogP contribution in [0, 0.1) is 12.8 Å². The van der Waals surface area contributed by atoms with E-state index in [1.54, 1.807) is 6.92 Å². The molecule has 0 saturated carbocycles. The van der Waals surface area contributed by atoms with Gasteiger partial charge in [-0.15, -0.1) is 11.3 Å². The number of amides is 1. The number of aromatic nitrogens is 2. The van der Waals surface area contributed by atoms with Crippen LogP contribution in [-0.4, -0.2) is 39.4 Å². The predicted molar refractivity (Wildman–Crippen MR) is 119 cm³/mol. The van der Waals surface area contributed by atoms with E-state index < -0.39 is 5.97 Å². The molecule has 3 aromatic rings. The van der Waals surface area contributed by atoms with Crippen molar-refractivity contribution in [2.24, 2.45) is 5.92 Å². The summed E-state index contributed by atoms with van der Waals surface area (Å²) in [7, 11) is 0. The van der Waals surface area contributed by atoms with Crippen molar-refractivity contribution in [3.63, 3.8) is 0 Å². The van der Waals surface area contributed by atoms with Gasteiger partial charge in [-0.25, -0.2) is 9.78 Å². The van der Waals surface area contributed by atoms with Gasteiger partial charge in [0.2, 0.25) is 5.91 Å². The number of thiophene rings is 1. The van der Waals surface area contributed by atoms with E-state index in [0.717, 1.165) is 42.8 Å². The summed E-state index contributed by atoms with van der Waals surface area (Å²) in [6, 6.07) is 9.42. The van der Waals surface area contributed by atoms with Gasteiger partial charge in [0, 0.05) is 13.1 Å². The molecule has 1 aliphatic rings. The highest BCUT2D eigenvalue weighted by Gasteiger charge is 2.23. The van der Waals surface area contributed by atoms with E-state index in [1.165, 1.54) is 10.9 Å². The van der Waals surface area contributed by atoms with E-state index in [1.807, 2.05) is 35.2 Å². The number of piperidine rings is 1. The van der Waals surface area contributed by atoms with Crippen LogP contribution in [0.15, 0.2) is 41.5 Å². The molecule has 0 bridgehead atoms. The first-order chi connectivity index (χ1) is 14.9. The molecule has 0 aliphatic carbocycles. The minimum atomic E-state index is -0.478. The molecule has 0 spiro atoms. The number of carbonyl (C=O) groups excluding carboxylic acids is 2. The third-order valence-corrected chi connectivity index (χ3v) is 6.94. The summed E-state index contributed by atoms with van der Waals surface area (Å²) in [6.45, 7) is 5.47. The Morgan fingerprint density at radius 2 is 1.90 bits per heavy atom. The summed E-state index contributed by atoms with van der Waals surface area (Å²) in [5.41, 5.74) is 1.13. The van der Waals surface area contributed by atoms with Crippen molar-refractivity contribution in [2.75, 3.05) is 13.1 Å². The average molecular weight is 440 g/mol. The molecule has 0 N–H and O–H groups in total. The molecule has 0 unspecified atom stereocenters. The van der Waals surface area contributed by atoms with E-state index in [9.17, 15) is 14.4 Å². The summed E-state index contributed by atoms with van der Waals surface area (Å²) >= 11 is 1.14. The van der Waals surface area contributed by atoms with Crippen molar-refractivity contribution >= 4 is 33.4 Å². The summed E-state index contributed by atoms with van der Waals surface area (Å²) in [4.78, 5) is 45.3. The molecule has 162 valence electrons. The number of benzene rings is 1. The van der Waals surface area contributed by atoms with Crippen molar-refractivity contribution in [1.82, 2.24) is 14.5 Å². The van der Waals surface area contributed by atoms with Gasteiger partial charge >= 0.3 is 5.97 Å². The molecule has 0 atom stereocenters. The number of ether oxygens (including phenoxy) is 1. The number of nitrogens with zero attached hydrogens (tertiary/aromatic N) is 3. The van der Waals surface area contributed by atoms with Crippen LogP contribution in [-0.2, 0) is 22.7 Å². The molecule has 1 aromatic carbocycles. The largest absolute Gasteiger partial charge is 0.457 e. The van der Waals surface area contributed by atoms with Crippen molar-refractivity contribution in [3.05, 3.63) is 63.0 Å². The molecule has 31 heavy (non-hydrogen) atoms. The van der Waals surface area contributed by atoms with Gasteiger partial charge in [0.1, 0.15) is 22.9 Å². The number of esters is 1. The first-order valence-corrected chi connectivity index (χ1v) is 11.2. The standard InChI is InChI=1S/C23H25N3O4S/c1-15-8-10-25(11-9-15)18(27)12-26-14-24-21-19(22(26)28)16(2)20(31-21)23(29)30-13-17-6-4-3-5-7-17/h3-7,14-15H,8-13H2,1-2H3. The number of rotatable bonds is 5. The molecule has 4 rings (SSSR count). The highest BCUT2D eigenvalue weighted by atomic mass is 32.1. The number of hydrogen-bond donors (Lipinski definition) is 0. The van der Waals surface area contributed by atoms with E-state index in [2.05, 4.69) is 11.9 Å². The zero-order chi connectivity index (χ0) is 22.0. The van der Waals surface area contributed by atoms with Crippen LogP contribution in [0.2, 0.25) is 0 Å². The number of fused-ring (bicyclic) bond motifs is 1.